The molecular weight excluding hydrogens is 268 g/mol. The number of amides is 1. The highest BCUT2D eigenvalue weighted by atomic mass is 32.1. The van der Waals surface area contributed by atoms with Gasteiger partial charge >= 0.3 is 0 Å². The molecule has 3 N–H and O–H groups in total. The van der Waals surface area contributed by atoms with Crippen LogP contribution in [0.5, 0.6) is 0 Å². The lowest BCUT2D eigenvalue weighted by Crippen LogP contribution is -2.27. The fraction of sp³-hybridized carbons (Fsp3) is 0.312. The van der Waals surface area contributed by atoms with E-state index in [1.807, 2.05) is 30.3 Å². The van der Waals surface area contributed by atoms with Crippen molar-refractivity contribution in [2.45, 2.75) is 32.4 Å². The van der Waals surface area contributed by atoms with Gasteiger partial charge in [-0.15, -0.1) is 11.3 Å². The monoisotopic (exact) mass is 288 g/mol. The normalized spacial score (nSPS) is 12.1. The SMILES string of the molecule is CCc1ccsc1CNC(=O)CC(N)c1ccccc1. The molecule has 0 fully saturated rings. The number of carbonyl (C=O) groups is 1. The van der Waals surface area contributed by atoms with E-state index in [0.29, 0.717) is 13.0 Å². The van der Waals surface area contributed by atoms with E-state index in [2.05, 4.69) is 23.7 Å². The lowest BCUT2D eigenvalue weighted by Gasteiger charge is -2.12. The third-order valence-corrected chi connectivity index (χ3v) is 4.26. The Kier molecular flexibility index (Phi) is 5.32. The van der Waals surface area contributed by atoms with E-state index in [-0.39, 0.29) is 11.9 Å². The first-order valence-electron chi connectivity index (χ1n) is 6.83. The van der Waals surface area contributed by atoms with Crippen LogP contribution in [0.2, 0.25) is 0 Å². The maximum atomic E-state index is 11.9. The summed E-state index contributed by atoms with van der Waals surface area (Å²) in [6, 6.07) is 11.6. The third kappa shape index (κ3) is 3.92. The smallest absolute Gasteiger partial charge is 0.222 e. The van der Waals surface area contributed by atoms with Crippen molar-refractivity contribution < 1.29 is 4.79 Å². The molecule has 4 heteroatoms. The van der Waals surface area contributed by atoms with Crippen LogP contribution in [-0.4, -0.2) is 5.91 Å². The molecule has 0 spiro atoms. The summed E-state index contributed by atoms with van der Waals surface area (Å²) in [5.41, 5.74) is 8.34. The molecule has 1 aromatic carbocycles. The van der Waals surface area contributed by atoms with E-state index in [9.17, 15) is 4.79 Å². The van der Waals surface area contributed by atoms with Gasteiger partial charge in [-0.05, 0) is 29.0 Å². The van der Waals surface area contributed by atoms with Crippen molar-refractivity contribution in [3.63, 3.8) is 0 Å². The molecule has 0 radical (unpaired) electrons. The van der Waals surface area contributed by atoms with Crippen LogP contribution in [0.3, 0.4) is 0 Å². The minimum Gasteiger partial charge on any atom is -0.351 e. The van der Waals surface area contributed by atoms with E-state index in [1.54, 1.807) is 11.3 Å². The fourth-order valence-electron chi connectivity index (χ4n) is 2.11. The summed E-state index contributed by atoms with van der Waals surface area (Å²) in [7, 11) is 0. The second-order valence-corrected chi connectivity index (χ2v) is 5.72. The average Bonchev–Trinajstić information content (AvgIpc) is 2.93. The zero-order chi connectivity index (χ0) is 14.4. The highest BCUT2D eigenvalue weighted by Gasteiger charge is 2.11. The molecule has 0 aliphatic rings. The first kappa shape index (κ1) is 14.8. The molecule has 1 heterocycles. The van der Waals surface area contributed by atoms with Gasteiger partial charge in [0.2, 0.25) is 5.91 Å². The van der Waals surface area contributed by atoms with Gasteiger partial charge in [-0.1, -0.05) is 37.3 Å². The predicted octanol–water partition coefficient (Wildman–Crippen LogP) is 3.02. The Labute approximate surface area is 123 Å². The molecule has 1 atom stereocenters. The highest BCUT2D eigenvalue weighted by molar-refractivity contribution is 7.10. The molecule has 3 nitrogen and oxygen atoms in total. The first-order valence-corrected chi connectivity index (χ1v) is 7.71. The number of benzene rings is 1. The lowest BCUT2D eigenvalue weighted by molar-refractivity contribution is -0.121. The number of carbonyl (C=O) groups excluding carboxylic acids is 1. The van der Waals surface area contributed by atoms with Gasteiger partial charge in [-0.2, -0.15) is 0 Å². The molecule has 0 saturated heterocycles. The van der Waals surface area contributed by atoms with Crippen LogP contribution in [0.25, 0.3) is 0 Å². The summed E-state index contributed by atoms with van der Waals surface area (Å²) in [6.45, 7) is 2.72. The van der Waals surface area contributed by atoms with Crippen LogP contribution in [0.4, 0.5) is 0 Å². The van der Waals surface area contributed by atoms with Crippen LogP contribution >= 0.6 is 11.3 Å². The molecule has 2 aromatic rings. The molecule has 106 valence electrons. The highest BCUT2D eigenvalue weighted by Crippen LogP contribution is 2.17. The summed E-state index contributed by atoms with van der Waals surface area (Å²) in [4.78, 5) is 13.2. The number of nitrogens with one attached hydrogen (secondary N) is 1. The predicted molar refractivity (Wildman–Crippen MR) is 83.5 cm³/mol. The van der Waals surface area contributed by atoms with Crippen LogP contribution in [0, 0.1) is 0 Å². The van der Waals surface area contributed by atoms with Crippen molar-refractivity contribution >= 4 is 17.2 Å². The molecule has 1 unspecified atom stereocenters. The molecule has 0 aliphatic carbocycles. The number of rotatable bonds is 6. The van der Waals surface area contributed by atoms with Gasteiger partial charge in [0.25, 0.3) is 0 Å². The molecule has 0 aliphatic heterocycles. The standard InChI is InChI=1S/C16H20N2OS/c1-2-12-8-9-20-15(12)11-18-16(19)10-14(17)13-6-4-3-5-7-13/h3-9,14H,2,10-11,17H2,1H3,(H,18,19). The Bertz CT molecular complexity index is 551. The number of hydrogen-bond donors (Lipinski definition) is 2. The minimum atomic E-state index is -0.245. The summed E-state index contributed by atoms with van der Waals surface area (Å²) in [5.74, 6) is -0.00296. The van der Waals surface area contributed by atoms with Crippen molar-refractivity contribution in [3.8, 4) is 0 Å². The van der Waals surface area contributed by atoms with Crippen molar-refractivity contribution in [1.82, 2.24) is 5.32 Å². The lowest BCUT2D eigenvalue weighted by atomic mass is 10.0. The summed E-state index contributed by atoms with van der Waals surface area (Å²) < 4.78 is 0. The molecule has 0 saturated carbocycles. The maximum Gasteiger partial charge on any atom is 0.222 e. The summed E-state index contributed by atoms with van der Waals surface area (Å²) in [5, 5.41) is 5.02. The van der Waals surface area contributed by atoms with E-state index in [0.717, 1.165) is 12.0 Å². The molecule has 1 amide bonds. The van der Waals surface area contributed by atoms with Crippen molar-refractivity contribution in [1.29, 1.82) is 0 Å². The second-order valence-electron chi connectivity index (χ2n) is 4.72. The van der Waals surface area contributed by atoms with Crippen molar-refractivity contribution in [2.24, 2.45) is 5.73 Å². The Hall–Kier alpha value is -1.65. The molecule has 1 aromatic heterocycles. The minimum absolute atomic E-state index is 0.00296. The van der Waals surface area contributed by atoms with E-state index >= 15 is 0 Å². The van der Waals surface area contributed by atoms with Crippen LogP contribution in [0.1, 0.15) is 35.4 Å². The third-order valence-electron chi connectivity index (χ3n) is 3.30. The first-order chi connectivity index (χ1) is 9.70. The second kappa shape index (κ2) is 7.22. The van der Waals surface area contributed by atoms with Gasteiger partial charge in [0, 0.05) is 17.3 Å². The van der Waals surface area contributed by atoms with Crippen LogP contribution in [-0.2, 0) is 17.8 Å². The van der Waals surface area contributed by atoms with Gasteiger partial charge in [0.15, 0.2) is 0 Å². The van der Waals surface area contributed by atoms with Crippen LogP contribution in [0.15, 0.2) is 41.8 Å². The van der Waals surface area contributed by atoms with Gasteiger partial charge in [0.1, 0.15) is 0 Å². The molecule has 2 rings (SSSR count). The van der Waals surface area contributed by atoms with Crippen molar-refractivity contribution in [3.05, 3.63) is 57.8 Å². The molecule has 0 bridgehead atoms. The summed E-state index contributed by atoms with van der Waals surface area (Å²) >= 11 is 1.69. The summed E-state index contributed by atoms with van der Waals surface area (Å²) in [6.07, 6.45) is 1.31. The zero-order valence-corrected chi connectivity index (χ0v) is 12.5. The average molecular weight is 288 g/mol. The molecule has 20 heavy (non-hydrogen) atoms. The number of aryl methyl sites for hydroxylation is 1. The Morgan fingerprint density at radius 2 is 2.05 bits per heavy atom. The largest absolute Gasteiger partial charge is 0.351 e. The van der Waals surface area contributed by atoms with Crippen molar-refractivity contribution in [2.75, 3.05) is 0 Å². The van der Waals surface area contributed by atoms with Gasteiger partial charge < -0.3 is 11.1 Å². The maximum absolute atomic E-state index is 11.9. The topological polar surface area (TPSA) is 55.1 Å². The fourth-order valence-corrected chi connectivity index (χ4v) is 3.02. The number of hydrogen-bond acceptors (Lipinski definition) is 3. The van der Waals surface area contributed by atoms with E-state index < -0.39 is 0 Å². The van der Waals surface area contributed by atoms with Crippen LogP contribution < -0.4 is 11.1 Å². The molecular formula is C16H20N2OS. The quantitative estimate of drug-likeness (QED) is 0.858. The number of thiophene rings is 1. The van der Waals surface area contributed by atoms with Gasteiger partial charge in [-0.3, -0.25) is 4.79 Å². The van der Waals surface area contributed by atoms with Gasteiger partial charge in [-0.25, -0.2) is 0 Å². The zero-order valence-electron chi connectivity index (χ0n) is 11.6. The Morgan fingerprint density at radius 1 is 1.30 bits per heavy atom. The van der Waals surface area contributed by atoms with E-state index in [1.165, 1.54) is 10.4 Å². The Balaban J connectivity index is 1.84. The Morgan fingerprint density at radius 3 is 2.75 bits per heavy atom. The van der Waals surface area contributed by atoms with Gasteiger partial charge in [0.05, 0.1) is 6.54 Å². The number of nitrogens with two attached hydrogens (primary N) is 1. The van der Waals surface area contributed by atoms with E-state index in [4.69, 9.17) is 5.73 Å².